The summed E-state index contributed by atoms with van der Waals surface area (Å²) in [5.41, 5.74) is 1.69. The van der Waals surface area contributed by atoms with E-state index in [1.165, 1.54) is 12.1 Å². The van der Waals surface area contributed by atoms with E-state index in [0.29, 0.717) is 0 Å². The first-order valence-corrected chi connectivity index (χ1v) is 6.98. The molecule has 0 heterocycles. The van der Waals surface area contributed by atoms with E-state index >= 15 is 0 Å². The monoisotopic (exact) mass is 293 g/mol. The van der Waals surface area contributed by atoms with Crippen LogP contribution in [0.25, 0.3) is 0 Å². The lowest BCUT2D eigenvalue weighted by molar-refractivity contribution is -0.113. The van der Waals surface area contributed by atoms with Crippen molar-refractivity contribution in [1.29, 1.82) is 0 Å². The Morgan fingerprint density at radius 3 is 2.65 bits per heavy atom. The number of thioether (sulfide) groups is 1. The first-order chi connectivity index (χ1) is 9.56. The van der Waals surface area contributed by atoms with Gasteiger partial charge in [0, 0.05) is 16.6 Å². The lowest BCUT2D eigenvalue weighted by atomic mass is 10.2. The van der Waals surface area contributed by atoms with Gasteiger partial charge in [-0.05, 0) is 30.7 Å². The van der Waals surface area contributed by atoms with Gasteiger partial charge in [-0.3, -0.25) is 4.79 Å². The molecule has 0 aliphatic heterocycles. The van der Waals surface area contributed by atoms with Crippen LogP contribution >= 0.6 is 11.8 Å². The quantitative estimate of drug-likeness (QED) is 0.863. The van der Waals surface area contributed by atoms with E-state index in [9.17, 15) is 13.6 Å². The fourth-order valence-corrected chi connectivity index (χ4v) is 2.35. The van der Waals surface area contributed by atoms with Crippen LogP contribution in [-0.2, 0) is 4.79 Å². The molecule has 0 radical (unpaired) electrons. The predicted octanol–water partition coefficient (Wildman–Crippen LogP) is 4.00. The second-order valence-corrected chi connectivity index (χ2v) is 5.24. The lowest BCUT2D eigenvalue weighted by Gasteiger charge is -2.08. The highest BCUT2D eigenvalue weighted by Crippen LogP contribution is 2.22. The highest BCUT2D eigenvalue weighted by Gasteiger charge is 2.08. The Kier molecular flexibility index (Phi) is 4.74. The first-order valence-electron chi connectivity index (χ1n) is 5.99. The van der Waals surface area contributed by atoms with Crippen LogP contribution in [0.15, 0.2) is 47.4 Å². The normalized spacial score (nSPS) is 10.3. The van der Waals surface area contributed by atoms with Gasteiger partial charge in [-0.25, -0.2) is 8.78 Å². The van der Waals surface area contributed by atoms with Crippen LogP contribution in [0.1, 0.15) is 5.56 Å². The summed E-state index contributed by atoms with van der Waals surface area (Å²) in [5.74, 6) is -1.44. The van der Waals surface area contributed by atoms with Gasteiger partial charge in [0.2, 0.25) is 5.91 Å². The number of amides is 1. The zero-order valence-corrected chi connectivity index (χ0v) is 11.6. The number of aryl methyl sites for hydroxylation is 1. The smallest absolute Gasteiger partial charge is 0.234 e. The molecule has 1 N–H and O–H groups in total. The van der Waals surface area contributed by atoms with Crippen LogP contribution in [0, 0.1) is 18.6 Å². The molecule has 1 amide bonds. The molecule has 0 unspecified atom stereocenters. The molecule has 0 aliphatic carbocycles. The lowest BCUT2D eigenvalue weighted by Crippen LogP contribution is -2.14. The van der Waals surface area contributed by atoms with Crippen molar-refractivity contribution in [2.45, 2.75) is 11.8 Å². The summed E-state index contributed by atoms with van der Waals surface area (Å²) in [4.78, 5) is 12.0. The summed E-state index contributed by atoms with van der Waals surface area (Å²) >= 11 is 1.04. The third-order valence-corrected chi connectivity index (χ3v) is 3.72. The Morgan fingerprint density at radius 2 is 1.95 bits per heavy atom. The van der Waals surface area contributed by atoms with Gasteiger partial charge in [-0.2, -0.15) is 0 Å². The molecule has 2 nitrogen and oxygen atoms in total. The zero-order chi connectivity index (χ0) is 14.5. The summed E-state index contributed by atoms with van der Waals surface area (Å²) in [6, 6.07) is 10.7. The fraction of sp³-hybridized carbons (Fsp3) is 0.133. The van der Waals surface area contributed by atoms with Crippen LogP contribution in [0.5, 0.6) is 0 Å². The van der Waals surface area contributed by atoms with E-state index < -0.39 is 11.6 Å². The van der Waals surface area contributed by atoms with Crippen molar-refractivity contribution >= 4 is 23.4 Å². The van der Waals surface area contributed by atoms with E-state index in [4.69, 9.17) is 0 Å². The highest BCUT2D eigenvalue weighted by atomic mass is 32.2. The number of benzene rings is 2. The standard InChI is InChI=1S/C15H13F2NOS/c1-10-4-2-3-5-13(10)18-15(19)9-20-14-7-6-11(16)8-12(14)17/h2-8H,9H2,1H3,(H,18,19). The van der Waals surface area contributed by atoms with Crippen molar-refractivity contribution in [3.63, 3.8) is 0 Å². The summed E-state index contributed by atoms with van der Waals surface area (Å²) in [7, 11) is 0. The number of anilines is 1. The summed E-state index contributed by atoms with van der Waals surface area (Å²) in [6.45, 7) is 1.89. The molecule has 0 spiro atoms. The van der Waals surface area contributed by atoms with Crippen molar-refractivity contribution in [1.82, 2.24) is 0 Å². The minimum Gasteiger partial charge on any atom is -0.325 e. The number of nitrogens with one attached hydrogen (secondary N) is 1. The van der Waals surface area contributed by atoms with Crippen LogP contribution in [-0.4, -0.2) is 11.7 Å². The second kappa shape index (κ2) is 6.52. The molecule has 2 rings (SSSR count). The largest absolute Gasteiger partial charge is 0.325 e. The molecule has 2 aromatic rings. The zero-order valence-electron chi connectivity index (χ0n) is 10.8. The Morgan fingerprint density at radius 1 is 1.20 bits per heavy atom. The van der Waals surface area contributed by atoms with Crippen molar-refractivity contribution in [2.24, 2.45) is 0 Å². The second-order valence-electron chi connectivity index (χ2n) is 4.23. The average molecular weight is 293 g/mol. The topological polar surface area (TPSA) is 29.1 Å². The molecule has 0 aromatic heterocycles. The Hall–Kier alpha value is -1.88. The molecule has 2 aromatic carbocycles. The third kappa shape index (κ3) is 3.81. The van der Waals surface area contributed by atoms with Crippen LogP contribution in [0.2, 0.25) is 0 Å². The van der Waals surface area contributed by atoms with E-state index in [2.05, 4.69) is 5.32 Å². The van der Waals surface area contributed by atoms with Crippen molar-refractivity contribution in [2.75, 3.05) is 11.1 Å². The molecule has 0 atom stereocenters. The first kappa shape index (κ1) is 14.5. The van der Waals surface area contributed by atoms with Gasteiger partial charge in [0.1, 0.15) is 11.6 Å². The summed E-state index contributed by atoms with van der Waals surface area (Å²) in [5, 5.41) is 2.75. The van der Waals surface area contributed by atoms with Gasteiger partial charge >= 0.3 is 0 Å². The maximum absolute atomic E-state index is 13.4. The minimum absolute atomic E-state index is 0.0664. The molecular formula is C15H13F2NOS. The van der Waals surface area contributed by atoms with E-state index in [1.54, 1.807) is 6.07 Å². The van der Waals surface area contributed by atoms with E-state index in [0.717, 1.165) is 29.1 Å². The number of hydrogen-bond acceptors (Lipinski definition) is 2. The van der Waals surface area contributed by atoms with Gasteiger partial charge in [-0.1, -0.05) is 18.2 Å². The number of rotatable bonds is 4. The highest BCUT2D eigenvalue weighted by molar-refractivity contribution is 8.00. The molecule has 104 valence electrons. The summed E-state index contributed by atoms with van der Waals surface area (Å²) < 4.78 is 26.1. The maximum atomic E-state index is 13.4. The Labute approximate surface area is 120 Å². The van der Waals surface area contributed by atoms with Crippen LogP contribution in [0.3, 0.4) is 0 Å². The van der Waals surface area contributed by atoms with Crippen molar-refractivity contribution < 1.29 is 13.6 Å². The molecule has 0 saturated carbocycles. The van der Waals surface area contributed by atoms with Crippen molar-refractivity contribution in [3.05, 3.63) is 59.7 Å². The summed E-state index contributed by atoms with van der Waals surface area (Å²) in [6.07, 6.45) is 0. The molecule has 5 heteroatoms. The molecule has 0 fully saturated rings. The van der Waals surface area contributed by atoms with E-state index in [-0.39, 0.29) is 16.6 Å². The predicted molar refractivity (Wildman–Crippen MR) is 76.9 cm³/mol. The molecular weight excluding hydrogens is 280 g/mol. The Balaban J connectivity index is 1.94. The van der Waals surface area contributed by atoms with Gasteiger partial charge in [0.25, 0.3) is 0 Å². The van der Waals surface area contributed by atoms with Gasteiger partial charge in [-0.15, -0.1) is 11.8 Å². The SMILES string of the molecule is Cc1ccccc1NC(=O)CSc1ccc(F)cc1F. The van der Waals surface area contributed by atoms with Gasteiger partial charge in [0.15, 0.2) is 0 Å². The number of carbonyl (C=O) groups excluding carboxylic acids is 1. The third-order valence-electron chi connectivity index (χ3n) is 2.67. The molecule has 0 saturated heterocycles. The number of halogens is 2. The number of hydrogen-bond donors (Lipinski definition) is 1. The Bertz CT molecular complexity index is 631. The molecule has 20 heavy (non-hydrogen) atoms. The van der Waals surface area contributed by atoms with Crippen LogP contribution < -0.4 is 5.32 Å². The molecule has 0 aliphatic rings. The minimum atomic E-state index is -0.654. The van der Waals surface area contributed by atoms with Crippen molar-refractivity contribution in [3.8, 4) is 0 Å². The van der Waals surface area contributed by atoms with Crippen LogP contribution in [0.4, 0.5) is 14.5 Å². The number of para-hydroxylation sites is 1. The number of carbonyl (C=O) groups is 1. The maximum Gasteiger partial charge on any atom is 0.234 e. The molecule has 0 bridgehead atoms. The van der Waals surface area contributed by atoms with Gasteiger partial charge < -0.3 is 5.32 Å². The average Bonchev–Trinajstić information content (AvgIpc) is 2.40. The van der Waals surface area contributed by atoms with E-state index in [1.807, 2.05) is 25.1 Å². The fourth-order valence-electron chi connectivity index (χ4n) is 1.64. The van der Waals surface area contributed by atoms with Gasteiger partial charge in [0.05, 0.1) is 5.75 Å².